The van der Waals surface area contributed by atoms with Crippen LogP contribution < -0.4 is 0 Å². The molecule has 0 aliphatic heterocycles. The minimum absolute atomic E-state index is 1.62. The van der Waals surface area contributed by atoms with Crippen LogP contribution in [0.1, 0.15) is 0 Å². The molecule has 0 rings (SSSR count). The summed E-state index contributed by atoms with van der Waals surface area (Å²) in [5.74, 6) is 0. The number of hydrogen-bond acceptors (Lipinski definition) is 2. The molecule has 0 spiro atoms. The van der Waals surface area contributed by atoms with E-state index in [0.29, 0.717) is 0 Å². The Morgan fingerprint density at radius 2 is 2.00 bits per heavy atom. The molecule has 0 atom stereocenters. The molecule has 0 saturated heterocycles. The molecule has 0 fully saturated rings. The van der Waals surface area contributed by atoms with Gasteiger partial charge in [-0.05, 0) is 14.1 Å². The Labute approximate surface area is 39.4 Å². The number of nitrogens with zero attached hydrogens (tertiary/aromatic N) is 1. The lowest BCUT2D eigenvalue weighted by Gasteiger charge is -2.01. The Morgan fingerprint density at radius 3 is 2.00 bits per heavy atom. The summed E-state index contributed by atoms with van der Waals surface area (Å²) in [6.45, 7) is 0. The van der Waals surface area contributed by atoms with E-state index in [4.69, 9.17) is 0 Å². The summed E-state index contributed by atoms with van der Waals surface area (Å²) in [5, 5.41) is 0. The monoisotopic (exact) mass is 86.1 g/mol. The smallest absolute Gasteiger partial charge is 0.398 e. The first kappa shape index (κ1) is 5.98. The lowest BCUT2D eigenvalue weighted by atomic mass is 10.2. The molecule has 0 bridgehead atoms. The summed E-state index contributed by atoms with van der Waals surface area (Å²) in [4.78, 5) is 1.83. The summed E-state index contributed by atoms with van der Waals surface area (Å²) in [5.41, 5.74) is 0. The standard InChI is InChI=1S/C3H9BNO/c1-5(2)4-6-3/h1-3H3. The minimum Gasteiger partial charge on any atom is -0.427 e. The fraction of sp³-hybridized carbons (Fsp3) is 1.00. The average molecular weight is 85.9 g/mol. The van der Waals surface area contributed by atoms with E-state index in [2.05, 4.69) is 4.65 Å². The van der Waals surface area contributed by atoms with Gasteiger partial charge in [0.1, 0.15) is 0 Å². The maximum atomic E-state index is 4.60. The summed E-state index contributed by atoms with van der Waals surface area (Å²) in [6, 6.07) is 0. The molecule has 0 unspecified atom stereocenters. The van der Waals surface area contributed by atoms with Gasteiger partial charge in [0.15, 0.2) is 0 Å². The van der Waals surface area contributed by atoms with Crippen LogP contribution in [0.2, 0.25) is 0 Å². The van der Waals surface area contributed by atoms with Gasteiger partial charge in [-0.3, -0.25) is 0 Å². The molecule has 3 heteroatoms. The van der Waals surface area contributed by atoms with Crippen molar-refractivity contribution >= 4 is 7.62 Å². The van der Waals surface area contributed by atoms with Gasteiger partial charge in [0, 0.05) is 7.11 Å². The quantitative estimate of drug-likeness (QED) is 0.429. The first-order valence-electron chi connectivity index (χ1n) is 1.80. The van der Waals surface area contributed by atoms with E-state index >= 15 is 0 Å². The molecule has 0 aromatic rings. The Morgan fingerprint density at radius 1 is 1.50 bits per heavy atom. The molecule has 6 heavy (non-hydrogen) atoms. The van der Waals surface area contributed by atoms with Crippen molar-refractivity contribution in [3.8, 4) is 0 Å². The molecule has 0 saturated carbocycles. The third-order valence-corrected chi connectivity index (χ3v) is 0.316. The Balaban J connectivity index is 2.63. The molecule has 0 aromatic heterocycles. The van der Waals surface area contributed by atoms with Crippen LogP contribution in [0.15, 0.2) is 0 Å². The molecule has 0 aliphatic rings. The summed E-state index contributed by atoms with van der Waals surface area (Å²) in [7, 11) is 7.06. The van der Waals surface area contributed by atoms with Crippen molar-refractivity contribution in [3.63, 3.8) is 0 Å². The van der Waals surface area contributed by atoms with Crippen LogP contribution in [-0.4, -0.2) is 33.6 Å². The van der Waals surface area contributed by atoms with Crippen molar-refractivity contribution in [1.82, 2.24) is 4.81 Å². The van der Waals surface area contributed by atoms with Gasteiger partial charge >= 0.3 is 7.62 Å². The fourth-order valence-electron chi connectivity index (χ4n) is 0.211. The molecule has 35 valence electrons. The SMILES string of the molecule is CO[B]N(C)C. The first-order chi connectivity index (χ1) is 2.77. The normalized spacial score (nSPS) is 9.33. The van der Waals surface area contributed by atoms with Crippen molar-refractivity contribution < 1.29 is 4.65 Å². The van der Waals surface area contributed by atoms with Crippen LogP contribution in [0.5, 0.6) is 0 Å². The molecule has 0 N–H and O–H groups in total. The van der Waals surface area contributed by atoms with Gasteiger partial charge < -0.3 is 9.47 Å². The van der Waals surface area contributed by atoms with Crippen LogP contribution in [0, 0.1) is 0 Å². The van der Waals surface area contributed by atoms with Gasteiger partial charge in [-0.1, -0.05) is 0 Å². The highest BCUT2D eigenvalue weighted by molar-refractivity contribution is 6.22. The second-order valence-corrected chi connectivity index (χ2v) is 1.30. The van der Waals surface area contributed by atoms with Crippen LogP contribution in [0.3, 0.4) is 0 Å². The predicted octanol–water partition coefficient (Wildman–Crippen LogP) is -0.271. The highest BCUT2D eigenvalue weighted by atomic mass is 16.4. The maximum Gasteiger partial charge on any atom is 0.398 e. The zero-order chi connectivity index (χ0) is 4.99. The number of hydrogen-bond donors (Lipinski definition) is 0. The van der Waals surface area contributed by atoms with E-state index in [0.717, 1.165) is 0 Å². The largest absolute Gasteiger partial charge is 0.427 e. The second-order valence-electron chi connectivity index (χ2n) is 1.30. The van der Waals surface area contributed by atoms with Crippen molar-refractivity contribution in [2.24, 2.45) is 0 Å². The zero-order valence-electron chi connectivity index (χ0n) is 4.43. The molecule has 0 aliphatic carbocycles. The van der Waals surface area contributed by atoms with Crippen LogP contribution in [-0.2, 0) is 4.65 Å². The predicted molar refractivity (Wildman–Crippen MR) is 26.4 cm³/mol. The van der Waals surface area contributed by atoms with Gasteiger partial charge in [-0.25, -0.2) is 0 Å². The minimum atomic E-state index is 1.62. The molecular formula is C3H9BNO. The van der Waals surface area contributed by atoms with E-state index in [9.17, 15) is 0 Å². The molecule has 0 heterocycles. The van der Waals surface area contributed by atoms with Crippen molar-refractivity contribution in [2.75, 3.05) is 21.2 Å². The highest BCUT2D eigenvalue weighted by Gasteiger charge is 1.86. The van der Waals surface area contributed by atoms with Crippen molar-refractivity contribution in [3.05, 3.63) is 0 Å². The topological polar surface area (TPSA) is 12.5 Å². The van der Waals surface area contributed by atoms with Gasteiger partial charge in [-0.15, -0.1) is 0 Å². The highest BCUT2D eigenvalue weighted by Crippen LogP contribution is 1.64. The lowest BCUT2D eigenvalue weighted by Crippen LogP contribution is -2.18. The molecule has 0 amide bonds. The Kier molecular flexibility index (Phi) is 3.18. The van der Waals surface area contributed by atoms with Crippen molar-refractivity contribution in [2.45, 2.75) is 0 Å². The van der Waals surface area contributed by atoms with Crippen LogP contribution in [0.25, 0.3) is 0 Å². The maximum absolute atomic E-state index is 4.60. The van der Waals surface area contributed by atoms with Crippen molar-refractivity contribution in [1.29, 1.82) is 0 Å². The first-order valence-corrected chi connectivity index (χ1v) is 1.80. The number of rotatable bonds is 2. The van der Waals surface area contributed by atoms with Crippen LogP contribution in [0.4, 0.5) is 0 Å². The average Bonchev–Trinajstić information content (AvgIpc) is 1.35. The summed E-state index contributed by atoms with van der Waals surface area (Å²) < 4.78 is 4.60. The second kappa shape index (κ2) is 3.19. The Bertz CT molecular complexity index is 32.0. The third kappa shape index (κ3) is 3.98. The fourth-order valence-corrected chi connectivity index (χ4v) is 0.211. The van der Waals surface area contributed by atoms with Gasteiger partial charge in [0.05, 0.1) is 0 Å². The van der Waals surface area contributed by atoms with E-state index < -0.39 is 0 Å². The van der Waals surface area contributed by atoms with E-state index in [1.807, 2.05) is 18.9 Å². The summed E-state index contributed by atoms with van der Waals surface area (Å²) >= 11 is 0. The van der Waals surface area contributed by atoms with E-state index in [1.54, 1.807) is 14.7 Å². The molecule has 1 radical (unpaired) electrons. The van der Waals surface area contributed by atoms with Gasteiger partial charge in [-0.2, -0.15) is 0 Å². The third-order valence-electron chi connectivity index (χ3n) is 0.316. The molecule has 2 nitrogen and oxygen atoms in total. The van der Waals surface area contributed by atoms with Crippen LogP contribution >= 0.6 is 0 Å². The van der Waals surface area contributed by atoms with Gasteiger partial charge in [0.2, 0.25) is 0 Å². The molecule has 0 aromatic carbocycles. The van der Waals surface area contributed by atoms with E-state index in [1.165, 1.54) is 0 Å². The lowest BCUT2D eigenvalue weighted by molar-refractivity contribution is 0.392. The van der Waals surface area contributed by atoms with Gasteiger partial charge in [0.25, 0.3) is 0 Å². The van der Waals surface area contributed by atoms with E-state index in [-0.39, 0.29) is 0 Å². The molecular weight excluding hydrogens is 76.9 g/mol. The Hall–Kier alpha value is -0.0151. The zero-order valence-corrected chi connectivity index (χ0v) is 4.43. The summed E-state index contributed by atoms with van der Waals surface area (Å²) in [6.07, 6.45) is 0.